The number of hydrogen-bond acceptors (Lipinski definition) is 3. The molecular weight excluding hydrogens is 320 g/mol. The summed E-state index contributed by atoms with van der Waals surface area (Å²) in [5.41, 5.74) is 1.40. The predicted molar refractivity (Wildman–Crippen MR) is 98.8 cm³/mol. The average Bonchev–Trinajstić information content (AvgIpc) is 2.77. The van der Waals surface area contributed by atoms with Crippen LogP contribution >= 0.6 is 12.2 Å². The van der Waals surface area contributed by atoms with Crippen molar-refractivity contribution in [2.75, 3.05) is 4.90 Å². The number of amides is 2. The van der Waals surface area contributed by atoms with Crippen LogP contribution in [0, 0.1) is 6.92 Å². The van der Waals surface area contributed by atoms with Crippen molar-refractivity contribution in [3.8, 4) is 0 Å². The molecule has 2 aliphatic rings. The number of rotatable bonds is 3. The summed E-state index contributed by atoms with van der Waals surface area (Å²) in [4.78, 5) is 29.0. The molecule has 1 aliphatic carbocycles. The SMILES string of the molecule is CCCC(=O)N1C(=O)C2(CCCCC2)N(c2ccc(C)cc2)C1=S. The Morgan fingerprint density at radius 1 is 1.17 bits per heavy atom. The highest BCUT2D eigenvalue weighted by atomic mass is 32.1. The molecule has 1 saturated carbocycles. The maximum Gasteiger partial charge on any atom is 0.261 e. The highest BCUT2D eigenvalue weighted by molar-refractivity contribution is 7.80. The lowest BCUT2D eigenvalue weighted by molar-refractivity contribution is -0.141. The number of imide groups is 1. The molecule has 2 amide bonds. The minimum Gasteiger partial charge on any atom is -0.303 e. The first-order valence-corrected chi connectivity index (χ1v) is 9.20. The maximum absolute atomic E-state index is 13.2. The fourth-order valence-electron chi connectivity index (χ4n) is 3.84. The van der Waals surface area contributed by atoms with Gasteiger partial charge in [0.05, 0.1) is 0 Å². The lowest BCUT2D eigenvalue weighted by atomic mass is 9.80. The molecule has 1 spiro atoms. The molecule has 0 radical (unpaired) electrons. The van der Waals surface area contributed by atoms with Gasteiger partial charge in [0, 0.05) is 12.1 Å². The second kappa shape index (κ2) is 6.63. The van der Waals surface area contributed by atoms with Crippen LogP contribution in [-0.2, 0) is 9.59 Å². The highest BCUT2D eigenvalue weighted by Gasteiger charge is 2.57. The quantitative estimate of drug-likeness (QED) is 0.778. The summed E-state index contributed by atoms with van der Waals surface area (Å²) >= 11 is 5.61. The van der Waals surface area contributed by atoms with E-state index in [0.717, 1.165) is 43.4 Å². The Bertz CT molecular complexity index is 662. The minimum atomic E-state index is -0.673. The maximum atomic E-state index is 13.2. The van der Waals surface area contributed by atoms with Crippen LogP contribution < -0.4 is 4.90 Å². The largest absolute Gasteiger partial charge is 0.303 e. The zero-order chi connectivity index (χ0) is 17.3. The fourth-order valence-corrected chi connectivity index (χ4v) is 4.31. The number of carbonyl (C=O) groups excluding carboxylic acids is 2. The molecule has 4 nitrogen and oxygen atoms in total. The van der Waals surface area contributed by atoms with Crippen LogP contribution in [0.25, 0.3) is 0 Å². The topological polar surface area (TPSA) is 40.6 Å². The fraction of sp³-hybridized carbons (Fsp3) is 0.526. The van der Waals surface area contributed by atoms with Crippen LogP contribution in [0.1, 0.15) is 57.4 Å². The first kappa shape index (κ1) is 17.1. The lowest BCUT2D eigenvalue weighted by Crippen LogP contribution is -2.51. The molecular formula is C19H24N2O2S. The zero-order valence-electron chi connectivity index (χ0n) is 14.4. The van der Waals surface area contributed by atoms with E-state index in [1.807, 2.05) is 43.0 Å². The van der Waals surface area contributed by atoms with Gasteiger partial charge in [-0.15, -0.1) is 0 Å². The van der Waals surface area contributed by atoms with Gasteiger partial charge in [-0.1, -0.05) is 43.9 Å². The summed E-state index contributed by atoms with van der Waals surface area (Å²) in [6.45, 7) is 3.97. The third kappa shape index (κ3) is 2.65. The van der Waals surface area contributed by atoms with E-state index in [9.17, 15) is 9.59 Å². The number of nitrogens with zero attached hydrogens (tertiary/aromatic N) is 2. The third-order valence-corrected chi connectivity index (χ3v) is 5.46. The van der Waals surface area contributed by atoms with Gasteiger partial charge in [-0.3, -0.25) is 9.59 Å². The van der Waals surface area contributed by atoms with Crippen molar-refractivity contribution in [2.24, 2.45) is 0 Å². The van der Waals surface area contributed by atoms with Gasteiger partial charge in [-0.05, 0) is 50.5 Å². The summed E-state index contributed by atoms with van der Waals surface area (Å²) < 4.78 is 0. The van der Waals surface area contributed by atoms with Crippen LogP contribution in [0.5, 0.6) is 0 Å². The first-order chi connectivity index (χ1) is 11.5. The summed E-state index contributed by atoms with van der Waals surface area (Å²) in [6.07, 6.45) is 5.70. The van der Waals surface area contributed by atoms with E-state index in [1.165, 1.54) is 4.90 Å². The van der Waals surface area contributed by atoms with E-state index in [4.69, 9.17) is 12.2 Å². The summed E-state index contributed by atoms with van der Waals surface area (Å²) in [5.74, 6) is -0.293. The van der Waals surface area contributed by atoms with E-state index in [0.29, 0.717) is 18.0 Å². The Kier molecular flexibility index (Phi) is 4.72. The predicted octanol–water partition coefficient (Wildman–Crippen LogP) is 3.96. The molecule has 0 N–H and O–H groups in total. The van der Waals surface area contributed by atoms with Gasteiger partial charge in [-0.25, -0.2) is 4.90 Å². The minimum absolute atomic E-state index is 0.119. The van der Waals surface area contributed by atoms with Crippen LogP contribution in [0.3, 0.4) is 0 Å². The second-order valence-electron chi connectivity index (χ2n) is 6.83. The van der Waals surface area contributed by atoms with Gasteiger partial charge in [0.1, 0.15) is 5.54 Å². The molecule has 128 valence electrons. The molecule has 5 heteroatoms. The molecule has 0 aromatic heterocycles. The monoisotopic (exact) mass is 344 g/mol. The van der Waals surface area contributed by atoms with E-state index in [2.05, 4.69) is 0 Å². The molecule has 24 heavy (non-hydrogen) atoms. The Labute approximate surface area is 148 Å². The molecule has 0 atom stereocenters. The van der Waals surface area contributed by atoms with Crippen LogP contribution in [0.15, 0.2) is 24.3 Å². The van der Waals surface area contributed by atoms with Crippen LogP contribution in [0.4, 0.5) is 5.69 Å². The number of aryl methyl sites for hydroxylation is 1. The van der Waals surface area contributed by atoms with Gasteiger partial charge in [0.15, 0.2) is 5.11 Å². The average molecular weight is 344 g/mol. The van der Waals surface area contributed by atoms with Crippen molar-refractivity contribution in [3.05, 3.63) is 29.8 Å². The normalized spacial score (nSPS) is 20.1. The van der Waals surface area contributed by atoms with Crippen LogP contribution in [-0.4, -0.2) is 27.4 Å². The standard InChI is InChI=1S/C19H24N2O2S/c1-3-7-16(22)20-17(23)19(12-5-4-6-13-19)21(18(20)24)15-10-8-14(2)9-11-15/h8-11H,3-7,12-13H2,1-2H3. The first-order valence-electron chi connectivity index (χ1n) is 8.79. The molecule has 0 bridgehead atoms. The Morgan fingerprint density at radius 3 is 2.38 bits per heavy atom. The van der Waals surface area contributed by atoms with E-state index in [1.54, 1.807) is 0 Å². The smallest absolute Gasteiger partial charge is 0.261 e. The molecule has 1 aromatic carbocycles. The van der Waals surface area contributed by atoms with E-state index >= 15 is 0 Å². The Morgan fingerprint density at radius 2 is 1.79 bits per heavy atom. The number of carbonyl (C=O) groups is 2. The van der Waals surface area contributed by atoms with Crippen molar-refractivity contribution in [1.82, 2.24) is 4.90 Å². The van der Waals surface area contributed by atoms with Crippen LogP contribution in [0.2, 0.25) is 0 Å². The Hall–Kier alpha value is -1.75. The van der Waals surface area contributed by atoms with Crippen molar-refractivity contribution >= 4 is 34.8 Å². The lowest BCUT2D eigenvalue weighted by Gasteiger charge is -2.39. The number of thiocarbonyl (C=S) groups is 1. The van der Waals surface area contributed by atoms with E-state index < -0.39 is 5.54 Å². The van der Waals surface area contributed by atoms with Gasteiger partial charge >= 0.3 is 0 Å². The second-order valence-corrected chi connectivity index (χ2v) is 7.20. The van der Waals surface area contributed by atoms with Gasteiger partial charge < -0.3 is 4.90 Å². The zero-order valence-corrected chi connectivity index (χ0v) is 15.2. The molecule has 0 unspecified atom stereocenters. The summed E-state index contributed by atoms with van der Waals surface area (Å²) in [7, 11) is 0. The number of hydrogen-bond donors (Lipinski definition) is 0. The number of anilines is 1. The molecule has 3 rings (SSSR count). The van der Waals surface area contributed by atoms with Crippen molar-refractivity contribution < 1.29 is 9.59 Å². The van der Waals surface area contributed by atoms with Gasteiger partial charge in [-0.2, -0.15) is 0 Å². The van der Waals surface area contributed by atoms with Gasteiger partial charge in [0.2, 0.25) is 5.91 Å². The van der Waals surface area contributed by atoms with Crippen molar-refractivity contribution in [3.63, 3.8) is 0 Å². The highest BCUT2D eigenvalue weighted by Crippen LogP contribution is 2.43. The molecule has 1 aromatic rings. The van der Waals surface area contributed by atoms with Gasteiger partial charge in [0.25, 0.3) is 5.91 Å². The van der Waals surface area contributed by atoms with E-state index in [-0.39, 0.29) is 11.8 Å². The van der Waals surface area contributed by atoms with Crippen molar-refractivity contribution in [2.45, 2.75) is 64.3 Å². The summed E-state index contributed by atoms with van der Waals surface area (Å²) in [5, 5.41) is 0.351. The molecule has 1 aliphatic heterocycles. The third-order valence-electron chi connectivity index (χ3n) is 5.10. The molecule has 1 saturated heterocycles. The van der Waals surface area contributed by atoms with Crippen molar-refractivity contribution in [1.29, 1.82) is 0 Å². The number of benzene rings is 1. The Balaban J connectivity index is 2.06. The molecule has 2 fully saturated rings. The summed E-state index contributed by atoms with van der Waals surface area (Å²) in [6, 6.07) is 8.04. The molecule has 1 heterocycles.